The number of aryl methyl sites for hydroxylation is 2. The van der Waals surface area contributed by atoms with Crippen LogP contribution >= 0.6 is 0 Å². The second-order valence-electron chi connectivity index (χ2n) is 5.79. The van der Waals surface area contributed by atoms with E-state index in [1.165, 1.54) is 13.4 Å². The van der Waals surface area contributed by atoms with E-state index in [0.29, 0.717) is 0 Å². The number of benzene rings is 1. The third kappa shape index (κ3) is 3.96. The number of carboxylic acid groups (broad SMARTS) is 1. The second kappa shape index (κ2) is 7.68. The van der Waals surface area contributed by atoms with E-state index in [4.69, 9.17) is 9.47 Å². The summed E-state index contributed by atoms with van der Waals surface area (Å²) in [6.45, 7) is 5.91. The van der Waals surface area contributed by atoms with E-state index in [1.54, 1.807) is 6.26 Å². The third-order valence-electron chi connectivity index (χ3n) is 3.92. The van der Waals surface area contributed by atoms with Crippen LogP contribution in [0.5, 0.6) is 5.75 Å². The number of carbonyl (C=O) groups is 1. The molecule has 2 rings (SSSR count). The van der Waals surface area contributed by atoms with Crippen molar-refractivity contribution in [3.05, 3.63) is 76.8 Å². The molecule has 0 radical (unpaired) electrons. The van der Waals surface area contributed by atoms with Gasteiger partial charge in [0.25, 0.3) is 0 Å². The molecule has 24 heavy (non-hydrogen) atoms. The standard InChI is InChI=1S/C20H22O4/c1-13-8-9-15(3)19(10-13)24-12-17-14(2)6-5-7-16(17)18(11-23-4)20(21)22/h5-12,16H,1-4H3,(H,21,22). The minimum absolute atomic E-state index is 0.164. The molecule has 0 spiro atoms. The van der Waals surface area contributed by atoms with Crippen molar-refractivity contribution in [1.29, 1.82) is 0 Å². The molecule has 1 atom stereocenters. The van der Waals surface area contributed by atoms with Gasteiger partial charge in [0.2, 0.25) is 0 Å². The van der Waals surface area contributed by atoms with E-state index in [0.717, 1.165) is 28.0 Å². The second-order valence-corrected chi connectivity index (χ2v) is 5.79. The maximum atomic E-state index is 11.5. The first-order valence-corrected chi connectivity index (χ1v) is 7.69. The molecule has 1 aromatic rings. The van der Waals surface area contributed by atoms with Gasteiger partial charge in [-0.05, 0) is 43.5 Å². The summed E-state index contributed by atoms with van der Waals surface area (Å²) in [5, 5.41) is 9.46. The number of methoxy groups -OCH3 is 1. The smallest absolute Gasteiger partial charge is 0.335 e. The summed E-state index contributed by atoms with van der Waals surface area (Å²) < 4.78 is 10.8. The van der Waals surface area contributed by atoms with Gasteiger partial charge in [0.05, 0.1) is 25.2 Å². The van der Waals surface area contributed by atoms with E-state index in [9.17, 15) is 9.90 Å². The fourth-order valence-corrected chi connectivity index (χ4v) is 2.54. The highest BCUT2D eigenvalue weighted by molar-refractivity contribution is 5.88. The van der Waals surface area contributed by atoms with Crippen LogP contribution < -0.4 is 4.74 Å². The van der Waals surface area contributed by atoms with Gasteiger partial charge < -0.3 is 14.6 Å². The van der Waals surface area contributed by atoms with E-state index in [-0.39, 0.29) is 5.57 Å². The highest BCUT2D eigenvalue weighted by Crippen LogP contribution is 2.32. The van der Waals surface area contributed by atoms with Crippen LogP contribution in [0.2, 0.25) is 0 Å². The Morgan fingerprint density at radius 2 is 2.00 bits per heavy atom. The van der Waals surface area contributed by atoms with E-state index < -0.39 is 11.9 Å². The van der Waals surface area contributed by atoms with Crippen molar-refractivity contribution in [1.82, 2.24) is 0 Å². The highest BCUT2D eigenvalue weighted by atomic mass is 16.5. The van der Waals surface area contributed by atoms with Gasteiger partial charge in [-0.1, -0.05) is 30.4 Å². The van der Waals surface area contributed by atoms with Crippen molar-refractivity contribution in [2.75, 3.05) is 7.11 Å². The van der Waals surface area contributed by atoms with E-state index >= 15 is 0 Å². The van der Waals surface area contributed by atoms with Crippen molar-refractivity contribution in [3.8, 4) is 5.75 Å². The molecule has 1 aliphatic rings. The van der Waals surface area contributed by atoms with Gasteiger partial charge >= 0.3 is 5.97 Å². The Hall–Kier alpha value is -2.75. The Morgan fingerprint density at radius 3 is 2.67 bits per heavy atom. The van der Waals surface area contributed by atoms with E-state index in [1.807, 2.05) is 57.2 Å². The van der Waals surface area contributed by atoms with Gasteiger partial charge in [-0.2, -0.15) is 0 Å². The number of ether oxygens (including phenoxy) is 2. The number of rotatable bonds is 5. The molecular weight excluding hydrogens is 304 g/mol. The maximum absolute atomic E-state index is 11.5. The topological polar surface area (TPSA) is 55.8 Å². The highest BCUT2D eigenvalue weighted by Gasteiger charge is 2.25. The summed E-state index contributed by atoms with van der Waals surface area (Å²) in [6, 6.07) is 5.98. The minimum Gasteiger partial charge on any atom is -0.504 e. The summed E-state index contributed by atoms with van der Waals surface area (Å²) in [5.74, 6) is -0.674. The molecule has 0 fully saturated rings. The van der Waals surface area contributed by atoms with Gasteiger partial charge in [-0.3, -0.25) is 0 Å². The van der Waals surface area contributed by atoms with Crippen LogP contribution in [0.4, 0.5) is 0 Å². The van der Waals surface area contributed by atoms with E-state index in [2.05, 4.69) is 0 Å². The minimum atomic E-state index is -1.01. The lowest BCUT2D eigenvalue weighted by Crippen LogP contribution is -2.16. The average molecular weight is 326 g/mol. The van der Waals surface area contributed by atoms with Crippen molar-refractivity contribution in [3.63, 3.8) is 0 Å². The summed E-state index contributed by atoms with van der Waals surface area (Å²) in [4.78, 5) is 11.5. The van der Waals surface area contributed by atoms with Crippen LogP contribution in [0.25, 0.3) is 0 Å². The zero-order valence-electron chi connectivity index (χ0n) is 14.4. The van der Waals surface area contributed by atoms with Crippen molar-refractivity contribution in [2.45, 2.75) is 20.8 Å². The van der Waals surface area contributed by atoms with Gasteiger partial charge in [0, 0.05) is 11.5 Å². The van der Waals surface area contributed by atoms with Crippen LogP contribution in [0.3, 0.4) is 0 Å². The number of carboxylic acids is 1. The monoisotopic (exact) mass is 326 g/mol. The molecule has 0 aliphatic heterocycles. The lowest BCUT2D eigenvalue weighted by atomic mass is 9.84. The predicted molar refractivity (Wildman–Crippen MR) is 93.7 cm³/mol. The van der Waals surface area contributed by atoms with Gasteiger partial charge in [-0.25, -0.2) is 4.79 Å². The SMILES string of the molecule is COC=C(C(=O)O)C1C=CC=C(C)C1=COc1cc(C)ccc1C. The Morgan fingerprint density at radius 1 is 1.25 bits per heavy atom. The Labute approximate surface area is 142 Å². The lowest BCUT2D eigenvalue weighted by molar-refractivity contribution is -0.133. The molecule has 0 amide bonds. The molecule has 0 aromatic heterocycles. The molecule has 1 aliphatic carbocycles. The Bertz CT molecular complexity index is 751. The molecule has 4 heteroatoms. The summed E-state index contributed by atoms with van der Waals surface area (Å²) in [5.41, 5.74) is 4.04. The van der Waals surface area contributed by atoms with Crippen molar-refractivity contribution >= 4 is 5.97 Å². The van der Waals surface area contributed by atoms with Crippen LogP contribution in [0.1, 0.15) is 18.1 Å². The quantitative estimate of drug-likeness (QED) is 0.647. The van der Waals surface area contributed by atoms with Crippen molar-refractivity contribution < 1.29 is 19.4 Å². The predicted octanol–water partition coefficient (Wildman–Crippen LogP) is 4.31. The number of hydrogen-bond acceptors (Lipinski definition) is 3. The van der Waals surface area contributed by atoms with Crippen LogP contribution in [-0.2, 0) is 9.53 Å². The fourth-order valence-electron chi connectivity index (χ4n) is 2.54. The van der Waals surface area contributed by atoms with Gasteiger partial charge in [-0.15, -0.1) is 0 Å². The molecule has 0 heterocycles. The maximum Gasteiger partial charge on any atom is 0.335 e. The molecule has 1 N–H and O–H groups in total. The summed E-state index contributed by atoms with van der Waals surface area (Å²) in [7, 11) is 1.44. The molecular formula is C20H22O4. The first-order chi connectivity index (χ1) is 11.4. The van der Waals surface area contributed by atoms with Crippen molar-refractivity contribution in [2.24, 2.45) is 5.92 Å². The van der Waals surface area contributed by atoms with Crippen LogP contribution in [0, 0.1) is 19.8 Å². The van der Waals surface area contributed by atoms with Gasteiger partial charge in [0.1, 0.15) is 5.75 Å². The largest absolute Gasteiger partial charge is 0.504 e. The number of allylic oxidation sites excluding steroid dienone is 5. The molecule has 0 saturated heterocycles. The normalized spacial score (nSPS) is 19.2. The molecule has 1 unspecified atom stereocenters. The molecule has 126 valence electrons. The number of aliphatic carboxylic acids is 1. The van der Waals surface area contributed by atoms with Crippen LogP contribution in [0.15, 0.2) is 65.7 Å². The van der Waals surface area contributed by atoms with Gasteiger partial charge in [0.15, 0.2) is 0 Å². The summed E-state index contributed by atoms with van der Waals surface area (Å²) in [6.07, 6.45) is 8.50. The average Bonchev–Trinajstić information content (AvgIpc) is 2.54. The number of hydrogen-bond donors (Lipinski definition) is 1. The Balaban J connectivity index is 2.38. The third-order valence-corrected chi connectivity index (χ3v) is 3.92. The first kappa shape index (κ1) is 17.6. The first-order valence-electron chi connectivity index (χ1n) is 7.69. The fraction of sp³-hybridized carbons (Fsp3) is 0.250. The lowest BCUT2D eigenvalue weighted by Gasteiger charge is -2.21. The molecule has 4 nitrogen and oxygen atoms in total. The summed E-state index contributed by atoms with van der Waals surface area (Å²) >= 11 is 0. The van der Waals surface area contributed by atoms with Crippen LogP contribution in [-0.4, -0.2) is 18.2 Å². The zero-order chi connectivity index (χ0) is 17.7. The zero-order valence-corrected chi connectivity index (χ0v) is 14.4. The molecule has 0 saturated carbocycles. The Kier molecular flexibility index (Phi) is 5.64. The molecule has 1 aromatic carbocycles. The molecule has 0 bridgehead atoms.